The van der Waals surface area contributed by atoms with E-state index >= 15 is 0 Å². The Hall–Kier alpha value is -1.14. The zero-order chi connectivity index (χ0) is 20.5. The van der Waals surface area contributed by atoms with Crippen LogP contribution in [0.3, 0.4) is 0 Å². The van der Waals surface area contributed by atoms with Crippen molar-refractivity contribution in [3.8, 4) is 0 Å². The van der Waals surface area contributed by atoms with E-state index in [1.54, 1.807) is 6.07 Å². The molecule has 1 saturated heterocycles. The molecule has 158 valence electrons. The molecular formula is C23H29Cl2NO3. The van der Waals surface area contributed by atoms with Gasteiger partial charge in [-0.25, -0.2) is 0 Å². The number of benzene rings is 2. The Morgan fingerprint density at radius 1 is 1.07 bits per heavy atom. The maximum Gasteiger partial charge on any atom is 0.158 e. The summed E-state index contributed by atoms with van der Waals surface area (Å²) in [4.78, 5) is 0. The fourth-order valence-corrected chi connectivity index (χ4v) is 3.90. The minimum absolute atomic E-state index is 0.257. The van der Waals surface area contributed by atoms with Gasteiger partial charge in [-0.1, -0.05) is 59.6 Å². The molecule has 2 unspecified atom stereocenters. The van der Waals surface area contributed by atoms with Gasteiger partial charge in [0.2, 0.25) is 0 Å². The average Bonchev–Trinajstić information content (AvgIpc) is 2.76. The van der Waals surface area contributed by atoms with Crippen LogP contribution >= 0.6 is 23.2 Å². The van der Waals surface area contributed by atoms with Gasteiger partial charge in [0.25, 0.3) is 0 Å². The Morgan fingerprint density at radius 2 is 1.90 bits per heavy atom. The molecule has 2 aromatic rings. The smallest absolute Gasteiger partial charge is 0.158 e. The normalized spacial score (nSPS) is 19.1. The maximum absolute atomic E-state index is 6.47. The van der Waals surface area contributed by atoms with Crippen molar-refractivity contribution in [3.05, 3.63) is 69.7 Å². The Bertz CT molecular complexity index is 753. The molecule has 0 aliphatic carbocycles. The van der Waals surface area contributed by atoms with Gasteiger partial charge in [0, 0.05) is 19.8 Å². The van der Waals surface area contributed by atoms with Gasteiger partial charge in [0.1, 0.15) is 5.60 Å². The summed E-state index contributed by atoms with van der Waals surface area (Å²) in [5.74, 6) is 0. The van der Waals surface area contributed by atoms with Gasteiger partial charge in [-0.3, -0.25) is 0 Å². The molecular weight excluding hydrogens is 409 g/mol. The third-order valence-electron chi connectivity index (χ3n) is 5.25. The third-order valence-corrected chi connectivity index (χ3v) is 5.99. The molecule has 2 atom stereocenters. The van der Waals surface area contributed by atoms with Crippen LogP contribution in [0.1, 0.15) is 43.2 Å². The summed E-state index contributed by atoms with van der Waals surface area (Å²) in [6.45, 7) is 2.25. The summed E-state index contributed by atoms with van der Waals surface area (Å²) in [6, 6.07) is 15.7. The minimum Gasteiger partial charge on any atom is -0.377 e. The van der Waals surface area contributed by atoms with Gasteiger partial charge in [-0.05, 0) is 55.4 Å². The van der Waals surface area contributed by atoms with Crippen molar-refractivity contribution in [3.63, 3.8) is 0 Å². The Labute approximate surface area is 183 Å². The first kappa shape index (κ1) is 22.5. The second kappa shape index (κ2) is 11.3. The topological polar surface area (TPSA) is 53.7 Å². The molecule has 0 saturated carbocycles. The largest absolute Gasteiger partial charge is 0.377 e. The predicted octanol–water partition coefficient (Wildman–Crippen LogP) is 5.69. The number of halogens is 2. The molecule has 3 rings (SSSR count). The average molecular weight is 438 g/mol. The lowest BCUT2D eigenvalue weighted by Gasteiger charge is -2.38. The highest BCUT2D eigenvalue weighted by molar-refractivity contribution is 6.42. The summed E-state index contributed by atoms with van der Waals surface area (Å²) in [7, 11) is 0. The molecule has 0 amide bonds. The SMILES string of the molecule is NCC(CCCOCc1ccccc1)(OC1CCCCO1)c1ccc(Cl)c(Cl)c1. The molecule has 1 heterocycles. The first-order chi connectivity index (χ1) is 14.1. The minimum atomic E-state index is -0.688. The standard InChI is InChI=1S/C23H29Cl2NO3/c24-20-11-10-19(15-21(20)25)23(17-26,29-22-9-4-5-14-28-22)12-6-13-27-16-18-7-2-1-3-8-18/h1-3,7-8,10-11,15,22H,4-6,9,12-14,16-17,26H2. The van der Waals surface area contributed by atoms with E-state index in [0.29, 0.717) is 42.8 Å². The second-order valence-corrected chi connectivity index (χ2v) is 8.20. The van der Waals surface area contributed by atoms with Gasteiger partial charge < -0.3 is 19.9 Å². The second-order valence-electron chi connectivity index (χ2n) is 7.38. The van der Waals surface area contributed by atoms with Crippen molar-refractivity contribution >= 4 is 23.2 Å². The van der Waals surface area contributed by atoms with Gasteiger partial charge in [0.15, 0.2) is 6.29 Å². The summed E-state index contributed by atoms with van der Waals surface area (Å²) >= 11 is 12.4. The molecule has 4 nitrogen and oxygen atoms in total. The molecule has 29 heavy (non-hydrogen) atoms. The van der Waals surface area contributed by atoms with Gasteiger partial charge in [0.05, 0.1) is 16.7 Å². The van der Waals surface area contributed by atoms with E-state index in [2.05, 4.69) is 12.1 Å². The fourth-order valence-electron chi connectivity index (χ4n) is 3.60. The van der Waals surface area contributed by atoms with Gasteiger partial charge >= 0.3 is 0 Å². The van der Waals surface area contributed by atoms with Crippen LogP contribution in [0.5, 0.6) is 0 Å². The first-order valence-corrected chi connectivity index (χ1v) is 11.0. The molecule has 1 fully saturated rings. The van der Waals surface area contributed by atoms with Crippen LogP contribution in [0.4, 0.5) is 0 Å². The van der Waals surface area contributed by atoms with Gasteiger partial charge in [-0.2, -0.15) is 0 Å². The highest BCUT2D eigenvalue weighted by atomic mass is 35.5. The van der Waals surface area contributed by atoms with E-state index in [4.69, 9.17) is 43.1 Å². The number of hydrogen-bond acceptors (Lipinski definition) is 4. The Balaban J connectivity index is 1.66. The maximum atomic E-state index is 6.47. The van der Waals surface area contributed by atoms with Crippen molar-refractivity contribution in [2.45, 2.75) is 50.6 Å². The van der Waals surface area contributed by atoms with Crippen molar-refractivity contribution in [1.82, 2.24) is 0 Å². The van der Waals surface area contributed by atoms with Crippen LogP contribution in [-0.2, 0) is 26.4 Å². The van der Waals surface area contributed by atoms with E-state index in [-0.39, 0.29) is 6.29 Å². The highest BCUT2D eigenvalue weighted by Gasteiger charge is 2.35. The van der Waals surface area contributed by atoms with E-state index in [9.17, 15) is 0 Å². The van der Waals surface area contributed by atoms with Crippen molar-refractivity contribution in [1.29, 1.82) is 0 Å². The fraction of sp³-hybridized carbons (Fsp3) is 0.478. The summed E-state index contributed by atoms with van der Waals surface area (Å²) in [5.41, 5.74) is 7.65. The lowest BCUT2D eigenvalue weighted by atomic mass is 9.88. The molecule has 0 spiro atoms. The van der Waals surface area contributed by atoms with Crippen LogP contribution in [0.15, 0.2) is 48.5 Å². The Kier molecular flexibility index (Phi) is 8.79. The zero-order valence-corrected chi connectivity index (χ0v) is 18.1. The van der Waals surface area contributed by atoms with E-state index in [1.807, 2.05) is 30.3 Å². The van der Waals surface area contributed by atoms with Crippen LogP contribution in [0.25, 0.3) is 0 Å². The van der Waals surface area contributed by atoms with Crippen LogP contribution < -0.4 is 5.73 Å². The molecule has 6 heteroatoms. The molecule has 1 aliphatic rings. The molecule has 2 N–H and O–H groups in total. The van der Waals surface area contributed by atoms with Gasteiger partial charge in [-0.15, -0.1) is 0 Å². The summed E-state index contributed by atoms with van der Waals surface area (Å²) < 4.78 is 18.2. The summed E-state index contributed by atoms with van der Waals surface area (Å²) in [6.07, 6.45) is 4.27. The molecule has 0 aromatic heterocycles. The van der Waals surface area contributed by atoms with E-state index in [0.717, 1.165) is 36.8 Å². The molecule has 0 radical (unpaired) electrons. The number of ether oxygens (including phenoxy) is 3. The Morgan fingerprint density at radius 3 is 2.59 bits per heavy atom. The lowest BCUT2D eigenvalue weighted by molar-refractivity contribution is -0.229. The highest BCUT2D eigenvalue weighted by Crippen LogP contribution is 2.36. The number of rotatable bonds is 10. The number of hydrogen-bond donors (Lipinski definition) is 1. The van der Waals surface area contributed by atoms with Crippen molar-refractivity contribution in [2.75, 3.05) is 19.8 Å². The van der Waals surface area contributed by atoms with Crippen LogP contribution in [-0.4, -0.2) is 26.0 Å². The number of nitrogens with two attached hydrogens (primary N) is 1. The zero-order valence-electron chi connectivity index (χ0n) is 16.6. The summed E-state index contributed by atoms with van der Waals surface area (Å²) in [5, 5.41) is 1.01. The van der Waals surface area contributed by atoms with Crippen LogP contribution in [0, 0.1) is 0 Å². The van der Waals surface area contributed by atoms with Crippen LogP contribution in [0.2, 0.25) is 10.0 Å². The third kappa shape index (κ3) is 6.42. The van der Waals surface area contributed by atoms with E-state index < -0.39 is 5.60 Å². The molecule has 0 bridgehead atoms. The molecule has 1 aliphatic heterocycles. The monoisotopic (exact) mass is 437 g/mol. The first-order valence-electron chi connectivity index (χ1n) is 10.2. The quantitative estimate of drug-likeness (QED) is 0.485. The van der Waals surface area contributed by atoms with Crippen molar-refractivity contribution in [2.24, 2.45) is 5.73 Å². The van der Waals surface area contributed by atoms with E-state index in [1.165, 1.54) is 0 Å². The lowest BCUT2D eigenvalue weighted by Crippen LogP contribution is -2.43. The predicted molar refractivity (Wildman–Crippen MR) is 117 cm³/mol. The van der Waals surface area contributed by atoms with Crippen molar-refractivity contribution < 1.29 is 14.2 Å². The molecule has 2 aromatic carbocycles.